The Morgan fingerprint density at radius 3 is 2.47 bits per heavy atom. The zero-order valence-electron chi connectivity index (χ0n) is 12.7. The summed E-state index contributed by atoms with van der Waals surface area (Å²) in [5.74, 6) is 0.788. The first kappa shape index (κ1) is 16.3. The van der Waals surface area contributed by atoms with Crippen molar-refractivity contribution in [3.63, 3.8) is 0 Å². The molecule has 1 aliphatic rings. The van der Waals surface area contributed by atoms with E-state index in [-0.39, 0.29) is 22.5 Å². The van der Waals surface area contributed by atoms with Gasteiger partial charge in [-0.05, 0) is 12.8 Å². The highest BCUT2D eigenvalue weighted by atomic mass is 32.2. The molecule has 19 heavy (non-hydrogen) atoms. The number of carbonyl (C=O) groups is 2. The quantitative estimate of drug-likeness (QED) is 0.795. The van der Waals surface area contributed by atoms with Crippen LogP contribution in [0.4, 0.5) is 0 Å². The lowest BCUT2D eigenvalue weighted by atomic mass is 9.97. The van der Waals surface area contributed by atoms with Gasteiger partial charge in [0.15, 0.2) is 0 Å². The Bertz CT molecular complexity index is 337. The molecule has 1 aliphatic heterocycles. The van der Waals surface area contributed by atoms with Gasteiger partial charge in [0.1, 0.15) is 0 Å². The molecule has 1 rings (SSSR count). The second-order valence-electron chi connectivity index (χ2n) is 6.31. The van der Waals surface area contributed by atoms with Crippen molar-refractivity contribution >= 4 is 23.6 Å². The van der Waals surface area contributed by atoms with E-state index in [2.05, 4.69) is 20.8 Å². The number of hydrogen-bond acceptors (Lipinski definition) is 3. The van der Waals surface area contributed by atoms with Crippen molar-refractivity contribution in [3.05, 3.63) is 0 Å². The van der Waals surface area contributed by atoms with Crippen LogP contribution in [-0.4, -0.2) is 59.3 Å². The Hall–Kier alpha value is -0.710. The van der Waals surface area contributed by atoms with Crippen molar-refractivity contribution < 1.29 is 9.59 Å². The third kappa shape index (κ3) is 5.43. The molecule has 5 heteroatoms. The van der Waals surface area contributed by atoms with Crippen LogP contribution in [0.25, 0.3) is 0 Å². The van der Waals surface area contributed by atoms with Crippen molar-refractivity contribution in [2.24, 2.45) is 5.92 Å². The summed E-state index contributed by atoms with van der Waals surface area (Å²) >= 11 is 1.66. The highest BCUT2D eigenvalue weighted by Gasteiger charge is 2.29. The molecule has 1 heterocycles. The summed E-state index contributed by atoms with van der Waals surface area (Å²) in [4.78, 5) is 27.6. The summed E-state index contributed by atoms with van der Waals surface area (Å²) in [5.41, 5.74) is 0. The molecule has 0 N–H and O–H groups in total. The molecule has 0 spiro atoms. The van der Waals surface area contributed by atoms with Gasteiger partial charge in [-0.2, -0.15) is 0 Å². The van der Waals surface area contributed by atoms with Crippen LogP contribution in [0.1, 0.15) is 33.6 Å². The lowest BCUT2D eigenvalue weighted by molar-refractivity contribution is -0.138. The van der Waals surface area contributed by atoms with Crippen LogP contribution in [0.3, 0.4) is 0 Å². The minimum Gasteiger partial charge on any atom is -0.349 e. The Balaban J connectivity index is 2.50. The van der Waals surface area contributed by atoms with E-state index in [1.807, 2.05) is 4.90 Å². The topological polar surface area (TPSA) is 40.6 Å². The summed E-state index contributed by atoms with van der Waals surface area (Å²) in [6.45, 7) is 7.71. The normalized spacial score (nSPS) is 20.3. The molecule has 0 bridgehead atoms. The molecule has 0 radical (unpaired) electrons. The molecule has 0 aliphatic carbocycles. The molecule has 1 atom stereocenters. The highest BCUT2D eigenvalue weighted by molar-refractivity contribution is 8.01. The van der Waals surface area contributed by atoms with Gasteiger partial charge in [-0.1, -0.05) is 20.8 Å². The summed E-state index contributed by atoms with van der Waals surface area (Å²) in [5, 5.41) is 0. The van der Waals surface area contributed by atoms with Crippen molar-refractivity contribution in [2.75, 3.05) is 32.9 Å². The molecule has 1 unspecified atom stereocenters. The number of carbonyl (C=O) groups excluding carboxylic acids is 2. The molecule has 1 fully saturated rings. The predicted octanol–water partition coefficient (Wildman–Crippen LogP) is 1.84. The second kappa shape index (κ2) is 6.64. The number of nitrogens with zero attached hydrogens (tertiary/aromatic N) is 2. The zero-order valence-corrected chi connectivity index (χ0v) is 13.5. The molecule has 1 saturated heterocycles. The molecule has 0 aromatic heterocycles. The summed E-state index contributed by atoms with van der Waals surface area (Å²) < 4.78 is 0.101. The Kier molecular flexibility index (Phi) is 5.71. The molecule has 4 nitrogen and oxygen atoms in total. The Morgan fingerprint density at radius 2 is 1.95 bits per heavy atom. The second-order valence-corrected chi connectivity index (χ2v) is 8.11. The summed E-state index contributed by atoms with van der Waals surface area (Å²) in [6.07, 6.45) is 1.82. The van der Waals surface area contributed by atoms with Crippen LogP contribution in [0, 0.1) is 5.92 Å². The third-order valence-corrected chi connectivity index (χ3v) is 4.45. The van der Waals surface area contributed by atoms with E-state index >= 15 is 0 Å². The van der Waals surface area contributed by atoms with Gasteiger partial charge in [0.2, 0.25) is 11.8 Å². The fourth-order valence-corrected chi connectivity index (χ4v) is 2.88. The van der Waals surface area contributed by atoms with Crippen molar-refractivity contribution in [1.29, 1.82) is 0 Å². The number of amides is 2. The van der Waals surface area contributed by atoms with Crippen LogP contribution in [0.5, 0.6) is 0 Å². The Morgan fingerprint density at radius 1 is 1.32 bits per heavy atom. The van der Waals surface area contributed by atoms with Gasteiger partial charge >= 0.3 is 0 Å². The molecule has 110 valence electrons. The number of hydrogen-bond donors (Lipinski definition) is 0. The fraction of sp³-hybridized carbons (Fsp3) is 0.857. The van der Waals surface area contributed by atoms with Crippen LogP contribution >= 0.6 is 11.8 Å². The number of piperidine rings is 1. The monoisotopic (exact) mass is 286 g/mol. The first-order valence-electron chi connectivity index (χ1n) is 6.83. The maximum absolute atomic E-state index is 12.2. The van der Waals surface area contributed by atoms with Crippen molar-refractivity contribution in [1.82, 2.24) is 9.80 Å². The van der Waals surface area contributed by atoms with Crippen LogP contribution in [0.2, 0.25) is 0 Å². The largest absolute Gasteiger partial charge is 0.349 e. The minimum absolute atomic E-state index is 0.0210. The van der Waals surface area contributed by atoms with Crippen LogP contribution < -0.4 is 0 Å². The standard InChI is InChI=1S/C14H26N2O2S/c1-14(2,3)19-10-12(17)16-8-6-7-11(9-16)13(18)15(4)5/h11H,6-10H2,1-5H3. The summed E-state index contributed by atoms with van der Waals surface area (Å²) in [7, 11) is 3.55. The lowest BCUT2D eigenvalue weighted by Gasteiger charge is -2.33. The summed E-state index contributed by atoms with van der Waals surface area (Å²) in [6, 6.07) is 0. The third-order valence-electron chi connectivity index (χ3n) is 3.19. The van der Waals surface area contributed by atoms with E-state index in [0.717, 1.165) is 19.4 Å². The van der Waals surface area contributed by atoms with Gasteiger partial charge in [0.25, 0.3) is 0 Å². The van der Waals surface area contributed by atoms with E-state index in [1.165, 1.54) is 0 Å². The van der Waals surface area contributed by atoms with Gasteiger partial charge in [0, 0.05) is 31.9 Å². The van der Waals surface area contributed by atoms with E-state index in [9.17, 15) is 9.59 Å². The van der Waals surface area contributed by atoms with Gasteiger partial charge in [-0.25, -0.2) is 0 Å². The first-order valence-corrected chi connectivity index (χ1v) is 7.82. The average molecular weight is 286 g/mol. The van der Waals surface area contributed by atoms with Crippen LogP contribution in [0.15, 0.2) is 0 Å². The molecular formula is C14H26N2O2S. The van der Waals surface area contributed by atoms with E-state index in [4.69, 9.17) is 0 Å². The number of rotatable bonds is 3. The van der Waals surface area contributed by atoms with Crippen LogP contribution in [-0.2, 0) is 9.59 Å². The lowest BCUT2D eigenvalue weighted by Crippen LogP contribution is -2.46. The van der Waals surface area contributed by atoms with E-state index < -0.39 is 0 Å². The van der Waals surface area contributed by atoms with Gasteiger partial charge in [0.05, 0.1) is 11.7 Å². The first-order chi connectivity index (χ1) is 8.70. The fourth-order valence-electron chi connectivity index (χ4n) is 2.14. The van der Waals surface area contributed by atoms with E-state index in [1.54, 1.807) is 30.8 Å². The molecule has 0 saturated carbocycles. The molecular weight excluding hydrogens is 260 g/mol. The maximum atomic E-state index is 12.2. The number of likely N-dealkylation sites (tertiary alicyclic amines) is 1. The highest BCUT2D eigenvalue weighted by Crippen LogP contribution is 2.25. The zero-order chi connectivity index (χ0) is 14.6. The maximum Gasteiger partial charge on any atom is 0.232 e. The smallest absolute Gasteiger partial charge is 0.232 e. The minimum atomic E-state index is -0.0210. The van der Waals surface area contributed by atoms with Gasteiger partial charge in [-0.3, -0.25) is 9.59 Å². The average Bonchev–Trinajstić information content (AvgIpc) is 2.34. The number of thioether (sulfide) groups is 1. The van der Waals surface area contributed by atoms with Crippen molar-refractivity contribution in [2.45, 2.75) is 38.4 Å². The molecule has 0 aromatic rings. The SMILES string of the molecule is CN(C)C(=O)C1CCCN(C(=O)CSC(C)(C)C)C1. The van der Waals surface area contributed by atoms with Crippen molar-refractivity contribution in [3.8, 4) is 0 Å². The predicted molar refractivity (Wildman–Crippen MR) is 80.2 cm³/mol. The van der Waals surface area contributed by atoms with Gasteiger partial charge in [-0.15, -0.1) is 11.8 Å². The molecule has 2 amide bonds. The van der Waals surface area contributed by atoms with Gasteiger partial charge < -0.3 is 9.80 Å². The Labute approximate surface area is 120 Å². The molecule has 0 aromatic carbocycles. The van der Waals surface area contributed by atoms with E-state index in [0.29, 0.717) is 12.3 Å².